The maximum Gasteiger partial charge on any atom is 0.253 e. The molecular weight excluding hydrogens is 244 g/mol. The molecule has 1 amide bonds. The summed E-state index contributed by atoms with van der Waals surface area (Å²) in [5.74, 6) is 0.520. The number of hydrogen-bond acceptors (Lipinski definition) is 5. The second kappa shape index (κ2) is 5.55. The lowest BCUT2D eigenvalue weighted by atomic mass is 10.2. The minimum Gasteiger partial charge on any atom is -0.342 e. The summed E-state index contributed by atoms with van der Waals surface area (Å²) >= 11 is 0. The van der Waals surface area contributed by atoms with Gasteiger partial charge in [0, 0.05) is 6.04 Å². The molecule has 0 aliphatic rings. The number of carbonyl (C=O) groups excluding carboxylic acids is 1. The quantitative estimate of drug-likeness (QED) is 0.891. The molecule has 0 bridgehead atoms. The van der Waals surface area contributed by atoms with E-state index in [1.807, 2.05) is 25.3 Å². The maximum absolute atomic E-state index is 12.0. The van der Waals surface area contributed by atoms with Crippen LogP contribution in [-0.2, 0) is 0 Å². The maximum atomic E-state index is 12.0. The van der Waals surface area contributed by atoms with E-state index in [2.05, 4.69) is 25.7 Å². The van der Waals surface area contributed by atoms with E-state index in [9.17, 15) is 4.79 Å². The van der Waals surface area contributed by atoms with Crippen molar-refractivity contribution in [3.8, 4) is 0 Å². The average Bonchev–Trinajstić information content (AvgIpc) is 2.89. The number of hydrogen-bond donors (Lipinski definition) is 1. The van der Waals surface area contributed by atoms with Crippen LogP contribution in [-0.4, -0.2) is 30.9 Å². The molecule has 1 unspecified atom stereocenters. The summed E-state index contributed by atoms with van der Waals surface area (Å²) in [6, 6.07) is 1.62. The molecule has 1 N–H and O–H groups in total. The first-order valence-corrected chi connectivity index (χ1v) is 6.06. The second-order valence-electron chi connectivity index (χ2n) is 4.52. The van der Waals surface area contributed by atoms with Gasteiger partial charge < -0.3 is 9.88 Å². The summed E-state index contributed by atoms with van der Waals surface area (Å²) in [4.78, 5) is 12.0. The van der Waals surface area contributed by atoms with E-state index in [1.165, 1.54) is 12.4 Å². The zero-order chi connectivity index (χ0) is 13.8. The molecule has 2 aromatic heterocycles. The van der Waals surface area contributed by atoms with E-state index < -0.39 is 0 Å². The molecule has 0 aliphatic carbocycles. The largest absolute Gasteiger partial charge is 0.342 e. The molecule has 0 saturated heterocycles. The van der Waals surface area contributed by atoms with Crippen LogP contribution in [0, 0.1) is 0 Å². The van der Waals surface area contributed by atoms with Crippen molar-refractivity contribution in [1.29, 1.82) is 0 Å². The van der Waals surface area contributed by atoms with Gasteiger partial charge in [-0.2, -0.15) is 10.2 Å². The summed E-state index contributed by atoms with van der Waals surface area (Å²) in [6.45, 7) is 5.94. The van der Waals surface area contributed by atoms with Crippen LogP contribution in [0.1, 0.15) is 49.0 Å². The van der Waals surface area contributed by atoms with Crippen molar-refractivity contribution in [1.82, 2.24) is 30.3 Å². The second-order valence-corrected chi connectivity index (χ2v) is 4.52. The van der Waals surface area contributed by atoms with E-state index >= 15 is 0 Å². The van der Waals surface area contributed by atoms with Crippen LogP contribution in [0.2, 0.25) is 0 Å². The third kappa shape index (κ3) is 2.93. The zero-order valence-corrected chi connectivity index (χ0v) is 11.1. The number of nitrogens with one attached hydrogen (secondary N) is 1. The molecule has 100 valence electrons. The third-order valence-electron chi connectivity index (χ3n) is 2.74. The number of nitrogens with zero attached hydrogens (tertiary/aromatic N) is 5. The van der Waals surface area contributed by atoms with E-state index in [0.29, 0.717) is 5.56 Å². The Kier molecular flexibility index (Phi) is 3.84. The van der Waals surface area contributed by atoms with Crippen LogP contribution < -0.4 is 5.32 Å². The fraction of sp³-hybridized carbons (Fsp3) is 0.417. The van der Waals surface area contributed by atoms with E-state index in [0.717, 1.165) is 5.82 Å². The number of rotatable bonds is 4. The Morgan fingerprint density at radius 1 is 1.26 bits per heavy atom. The highest BCUT2D eigenvalue weighted by molar-refractivity contribution is 5.93. The van der Waals surface area contributed by atoms with Gasteiger partial charge in [-0.3, -0.25) is 4.79 Å². The SMILES string of the molecule is CC(NC(=O)c1ccnnc1)c1nncn1C(C)C. The number of carbonyl (C=O) groups is 1. The molecule has 0 radical (unpaired) electrons. The Bertz CT molecular complexity index is 550. The lowest BCUT2D eigenvalue weighted by Gasteiger charge is -2.16. The van der Waals surface area contributed by atoms with Crippen molar-refractivity contribution >= 4 is 5.91 Å². The highest BCUT2D eigenvalue weighted by Gasteiger charge is 2.17. The van der Waals surface area contributed by atoms with Gasteiger partial charge in [-0.25, -0.2) is 0 Å². The van der Waals surface area contributed by atoms with Gasteiger partial charge in [0.25, 0.3) is 5.91 Å². The first-order valence-electron chi connectivity index (χ1n) is 6.06. The normalized spacial score (nSPS) is 12.4. The Labute approximate surface area is 111 Å². The topological polar surface area (TPSA) is 85.6 Å². The smallest absolute Gasteiger partial charge is 0.253 e. The highest BCUT2D eigenvalue weighted by Crippen LogP contribution is 2.14. The van der Waals surface area contributed by atoms with E-state index in [-0.39, 0.29) is 18.0 Å². The van der Waals surface area contributed by atoms with Crippen LogP contribution in [0.3, 0.4) is 0 Å². The molecule has 0 saturated carbocycles. The van der Waals surface area contributed by atoms with Gasteiger partial charge in [0.15, 0.2) is 5.82 Å². The minimum absolute atomic E-state index is 0.208. The fourth-order valence-corrected chi connectivity index (χ4v) is 1.73. The summed E-state index contributed by atoms with van der Waals surface area (Å²) < 4.78 is 1.93. The van der Waals surface area contributed by atoms with Gasteiger partial charge >= 0.3 is 0 Å². The van der Waals surface area contributed by atoms with Crippen LogP contribution in [0.4, 0.5) is 0 Å². The van der Waals surface area contributed by atoms with Gasteiger partial charge in [-0.05, 0) is 26.8 Å². The summed E-state index contributed by atoms with van der Waals surface area (Å²) in [7, 11) is 0. The van der Waals surface area contributed by atoms with E-state index in [1.54, 1.807) is 12.4 Å². The Hall–Kier alpha value is -2.31. The lowest BCUT2D eigenvalue weighted by molar-refractivity contribution is 0.0936. The summed E-state index contributed by atoms with van der Waals surface area (Å²) in [5, 5.41) is 18.1. The first-order chi connectivity index (χ1) is 9.09. The van der Waals surface area contributed by atoms with Gasteiger partial charge in [-0.15, -0.1) is 10.2 Å². The van der Waals surface area contributed by atoms with Gasteiger partial charge in [0.1, 0.15) is 6.33 Å². The molecule has 2 rings (SSSR count). The number of aromatic nitrogens is 5. The third-order valence-corrected chi connectivity index (χ3v) is 2.74. The van der Waals surface area contributed by atoms with E-state index in [4.69, 9.17) is 0 Å². The molecule has 0 aromatic carbocycles. The molecule has 19 heavy (non-hydrogen) atoms. The van der Waals surface area contributed by atoms with Crippen molar-refractivity contribution in [3.05, 3.63) is 36.2 Å². The standard InChI is InChI=1S/C12H16N6O/c1-8(2)18-7-15-17-11(18)9(3)16-12(19)10-4-5-13-14-6-10/h4-9H,1-3H3,(H,16,19). The van der Waals surface area contributed by atoms with Gasteiger partial charge in [0.2, 0.25) is 0 Å². The Morgan fingerprint density at radius 3 is 2.68 bits per heavy atom. The van der Waals surface area contributed by atoms with Gasteiger partial charge in [0.05, 0.1) is 24.0 Å². The molecule has 2 heterocycles. The van der Waals surface area contributed by atoms with Crippen LogP contribution in [0.5, 0.6) is 0 Å². The van der Waals surface area contributed by atoms with Crippen molar-refractivity contribution in [2.45, 2.75) is 32.9 Å². The van der Waals surface area contributed by atoms with Crippen molar-refractivity contribution in [2.75, 3.05) is 0 Å². The van der Waals surface area contributed by atoms with Crippen LogP contribution in [0.15, 0.2) is 24.8 Å². The molecule has 0 spiro atoms. The molecule has 2 aromatic rings. The van der Waals surface area contributed by atoms with Gasteiger partial charge in [-0.1, -0.05) is 0 Å². The fourth-order valence-electron chi connectivity index (χ4n) is 1.73. The van der Waals surface area contributed by atoms with Crippen LogP contribution in [0.25, 0.3) is 0 Å². The average molecular weight is 260 g/mol. The van der Waals surface area contributed by atoms with Crippen molar-refractivity contribution in [2.24, 2.45) is 0 Å². The molecule has 0 fully saturated rings. The minimum atomic E-state index is -0.231. The van der Waals surface area contributed by atoms with Crippen molar-refractivity contribution < 1.29 is 4.79 Å². The Balaban J connectivity index is 2.11. The Morgan fingerprint density at radius 2 is 2.05 bits per heavy atom. The first kappa shape index (κ1) is 13.1. The predicted molar refractivity (Wildman–Crippen MR) is 68.3 cm³/mol. The lowest BCUT2D eigenvalue weighted by Crippen LogP contribution is -2.29. The zero-order valence-electron chi connectivity index (χ0n) is 11.1. The molecule has 7 nitrogen and oxygen atoms in total. The molecule has 1 atom stereocenters. The summed E-state index contributed by atoms with van der Waals surface area (Å²) in [5.41, 5.74) is 0.470. The predicted octanol–water partition coefficient (Wildman–Crippen LogP) is 1.14. The summed E-state index contributed by atoms with van der Waals surface area (Å²) in [6.07, 6.45) is 4.57. The number of amides is 1. The molecule has 0 aliphatic heterocycles. The van der Waals surface area contributed by atoms with Crippen LogP contribution >= 0.6 is 0 Å². The molecular formula is C12H16N6O. The highest BCUT2D eigenvalue weighted by atomic mass is 16.1. The monoisotopic (exact) mass is 260 g/mol. The van der Waals surface area contributed by atoms with Crippen molar-refractivity contribution in [3.63, 3.8) is 0 Å². The molecule has 7 heteroatoms.